The number of hydrogen-bond donors (Lipinski definition) is 6. The van der Waals surface area contributed by atoms with Gasteiger partial charge in [-0.2, -0.15) is 0 Å². The molecule has 0 spiro atoms. The molecule has 41 heavy (non-hydrogen) atoms. The molecular weight excluding hydrogens is 592 g/mol. The van der Waals surface area contributed by atoms with Crippen molar-refractivity contribution in [2.24, 2.45) is 16.6 Å². The van der Waals surface area contributed by atoms with Crippen LogP contribution in [-0.2, 0) is 36.8 Å². The summed E-state index contributed by atoms with van der Waals surface area (Å²) in [6.07, 6.45) is -3.21. The molecule has 226 valence electrons. The van der Waals surface area contributed by atoms with Crippen molar-refractivity contribution in [2.45, 2.75) is 68.1 Å². The Balaban J connectivity index is 1.22. The lowest BCUT2D eigenvalue weighted by atomic mass is 10.1. The van der Waals surface area contributed by atoms with Crippen LogP contribution in [0.25, 0.3) is 0 Å². The van der Waals surface area contributed by atoms with Gasteiger partial charge in [0.05, 0.1) is 31.9 Å². The lowest BCUT2D eigenvalue weighted by molar-refractivity contribution is -0.130. The molecule has 1 saturated carbocycles. The molecule has 1 aromatic heterocycles. The average Bonchev–Trinajstić information content (AvgIpc) is 3.57. The van der Waals surface area contributed by atoms with E-state index in [9.17, 15) is 28.8 Å². The highest BCUT2D eigenvalue weighted by atomic mass is 31.2. The van der Waals surface area contributed by atoms with E-state index in [0.717, 1.165) is 0 Å². The third kappa shape index (κ3) is 6.17. The molecule has 0 radical (unpaired) electrons. The molecule has 19 nitrogen and oxygen atoms in total. The second kappa shape index (κ2) is 11.2. The third-order valence-electron chi connectivity index (χ3n) is 7.29. The number of carbonyl (C=O) groups is 1. The Hall–Kier alpha value is -2.12. The molecule has 0 aromatic carbocycles. The number of aliphatic hydroxyl groups excluding tert-OH is 1. The SMILES string of the molecule is NC1NC(=O)C2N=CN([C@@H]3O[C@@H]4COP(=O)(O)O[C@H]5C[C@H](Oc6cnccn6)C[C@@H]5COP(=O)(O)O[C@@H]3[C@@H]4O)C2N1. The Morgan fingerprint density at radius 2 is 1.88 bits per heavy atom. The minimum atomic E-state index is -4.87. The van der Waals surface area contributed by atoms with Crippen LogP contribution in [0.1, 0.15) is 12.8 Å². The number of ether oxygens (including phenoxy) is 2. The van der Waals surface area contributed by atoms with Crippen molar-refractivity contribution < 1.29 is 56.4 Å². The number of nitrogens with two attached hydrogens (primary N) is 1. The van der Waals surface area contributed by atoms with E-state index in [1.165, 1.54) is 29.8 Å². The fourth-order valence-electron chi connectivity index (χ4n) is 5.45. The Morgan fingerprint density at radius 3 is 2.66 bits per heavy atom. The molecule has 1 amide bonds. The molecule has 7 N–H and O–H groups in total. The van der Waals surface area contributed by atoms with Crippen LogP contribution in [-0.4, -0.2) is 110 Å². The van der Waals surface area contributed by atoms with Gasteiger partial charge in [0.2, 0.25) is 5.88 Å². The zero-order valence-corrected chi connectivity index (χ0v) is 23.0. The van der Waals surface area contributed by atoms with Crippen LogP contribution in [0.2, 0.25) is 0 Å². The van der Waals surface area contributed by atoms with E-state index in [2.05, 4.69) is 25.6 Å². The van der Waals surface area contributed by atoms with Gasteiger partial charge in [0.15, 0.2) is 12.3 Å². The summed E-state index contributed by atoms with van der Waals surface area (Å²) in [6.45, 7) is -1.08. The van der Waals surface area contributed by atoms with Gasteiger partial charge in [0, 0.05) is 24.7 Å². The minimum Gasteiger partial charge on any atom is -0.473 e. The normalized spacial score (nSPS) is 46.5. The second-order valence-corrected chi connectivity index (χ2v) is 12.9. The predicted octanol–water partition coefficient (Wildman–Crippen LogP) is -2.26. The molecule has 5 unspecified atom stereocenters. The Kier molecular flexibility index (Phi) is 7.90. The summed E-state index contributed by atoms with van der Waals surface area (Å²) < 4.78 is 58.9. The van der Waals surface area contributed by atoms with E-state index in [1.54, 1.807) is 0 Å². The summed E-state index contributed by atoms with van der Waals surface area (Å²) in [4.78, 5) is 46.9. The molecule has 5 aliphatic rings. The van der Waals surface area contributed by atoms with Crippen LogP contribution in [0.3, 0.4) is 0 Å². The van der Waals surface area contributed by atoms with E-state index >= 15 is 0 Å². The summed E-state index contributed by atoms with van der Waals surface area (Å²) in [5.74, 6) is -0.933. The second-order valence-electron chi connectivity index (χ2n) is 10.1. The molecule has 6 rings (SSSR count). The number of carbonyl (C=O) groups excluding carboxylic acids is 1. The zero-order valence-electron chi connectivity index (χ0n) is 21.2. The summed E-state index contributed by atoms with van der Waals surface area (Å²) in [5, 5.41) is 16.4. The lowest BCUT2D eigenvalue weighted by Crippen LogP contribution is -2.70. The van der Waals surface area contributed by atoms with E-state index < -0.39 is 95.9 Å². The highest BCUT2D eigenvalue weighted by Gasteiger charge is 2.55. The van der Waals surface area contributed by atoms with E-state index in [1.807, 2.05) is 0 Å². The van der Waals surface area contributed by atoms with Gasteiger partial charge in [-0.1, -0.05) is 0 Å². The largest absolute Gasteiger partial charge is 0.473 e. The number of hydrogen-bond acceptors (Lipinski definition) is 16. The molecule has 21 heteroatoms. The molecule has 2 bridgehead atoms. The maximum Gasteiger partial charge on any atom is 0.472 e. The number of amides is 1. The molecule has 3 saturated heterocycles. The molecule has 1 aliphatic carbocycles. The van der Waals surface area contributed by atoms with Gasteiger partial charge in [0.1, 0.15) is 36.9 Å². The van der Waals surface area contributed by atoms with Crippen molar-refractivity contribution >= 4 is 27.9 Å². The summed E-state index contributed by atoms with van der Waals surface area (Å²) >= 11 is 0. The van der Waals surface area contributed by atoms with Gasteiger partial charge in [-0.25, -0.2) is 14.1 Å². The molecule has 4 fully saturated rings. The van der Waals surface area contributed by atoms with Crippen LogP contribution in [0.15, 0.2) is 23.6 Å². The van der Waals surface area contributed by atoms with E-state index in [-0.39, 0.29) is 18.7 Å². The van der Waals surface area contributed by atoms with Gasteiger partial charge in [0.25, 0.3) is 5.91 Å². The number of nitrogens with one attached hydrogen (secondary N) is 2. The quantitative estimate of drug-likeness (QED) is 0.195. The van der Waals surface area contributed by atoms with Crippen molar-refractivity contribution in [3.63, 3.8) is 0 Å². The summed E-state index contributed by atoms with van der Waals surface area (Å²) in [5.41, 5.74) is 5.83. The molecule has 12 atom stereocenters. The van der Waals surface area contributed by atoms with Crippen molar-refractivity contribution in [2.75, 3.05) is 13.2 Å². The first kappa shape index (κ1) is 29.0. The van der Waals surface area contributed by atoms with Crippen LogP contribution in [0.5, 0.6) is 5.88 Å². The standard InChI is InChI=1S/C20H29N7O12P2/c21-20-25-17-14(18(29)26-20)24-8-27(17)19-16-15(28)12(37-19)7-35-40(30,31)38-11-4-10(36-13-5-22-1-2-23-13)3-9(11)6-34-41(32,33)39-16/h1-2,5,8-12,14-17,19-20,25,28H,3-4,6-7,21H2,(H,26,29)(H,30,31)(H,32,33)/t9-,10-,11+,12-,14?,15-,16-,17?,19-,20?/m1/s1. The van der Waals surface area contributed by atoms with Crippen LogP contribution in [0, 0.1) is 5.92 Å². The van der Waals surface area contributed by atoms with Crippen LogP contribution < -0.4 is 21.1 Å². The molecule has 4 aliphatic heterocycles. The average molecular weight is 621 g/mol. The van der Waals surface area contributed by atoms with Gasteiger partial charge in [-0.05, 0) is 6.42 Å². The third-order valence-corrected chi connectivity index (χ3v) is 9.29. The molecular formula is C20H29N7O12P2. The van der Waals surface area contributed by atoms with Gasteiger partial charge in [-0.15, -0.1) is 0 Å². The van der Waals surface area contributed by atoms with Crippen molar-refractivity contribution in [1.29, 1.82) is 0 Å². The number of aliphatic hydroxyl groups is 1. The molecule has 1 aromatic rings. The Labute approximate surface area is 232 Å². The van der Waals surface area contributed by atoms with E-state index in [4.69, 9.17) is 33.3 Å². The first-order valence-electron chi connectivity index (χ1n) is 12.7. The number of nitrogens with zero attached hydrogens (tertiary/aromatic N) is 4. The smallest absolute Gasteiger partial charge is 0.472 e. The van der Waals surface area contributed by atoms with Crippen LogP contribution >= 0.6 is 15.6 Å². The first-order valence-corrected chi connectivity index (χ1v) is 15.7. The number of fused-ring (bicyclic) bond motifs is 4. The number of rotatable bonds is 3. The maximum atomic E-state index is 13.1. The minimum absolute atomic E-state index is 0.113. The highest BCUT2D eigenvalue weighted by molar-refractivity contribution is 7.47. The van der Waals surface area contributed by atoms with Gasteiger partial charge in [-0.3, -0.25) is 43.9 Å². The number of phosphoric acid groups is 2. The number of aromatic nitrogens is 2. The van der Waals surface area contributed by atoms with Crippen molar-refractivity contribution in [1.82, 2.24) is 25.5 Å². The number of phosphoric ester groups is 2. The van der Waals surface area contributed by atoms with Crippen molar-refractivity contribution in [3.8, 4) is 5.88 Å². The fourth-order valence-corrected chi connectivity index (χ4v) is 7.42. The highest BCUT2D eigenvalue weighted by Crippen LogP contribution is 2.53. The van der Waals surface area contributed by atoms with Crippen LogP contribution in [0.4, 0.5) is 0 Å². The Bertz CT molecular complexity index is 1260. The van der Waals surface area contributed by atoms with Gasteiger partial charge >= 0.3 is 15.6 Å². The van der Waals surface area contributed by atoms with Crippen molar-refractivity contribution in [3.05, 3.63) is 18.6 Å². The summed E-state index contributed by atoms with van der Waals surface area (Å²) in [7, 11) is -9.60. The fraction of sp³-hybridized carbons (Fsp3) is 0.700. The van der Waals surface area contributed by atoms with Gasteiger partial charge < -0.3 is 34.6 Å². The first-order chi connectivity index (χ1) is 19.5. The number of aliphatic imine (C=N–C) groups is 1. The predicted molar refractivity (Wildman–Crippen MR) is 132 cm³/mol. The lowest BCUT2D eigenvalue weighted by Gasteiger charge is -2.39. The molecule has 5 heterocycles. The Morgan fingerprint density at radius 1 is 1.10 bits per heavy atom. The zero-order chi connectivity index (χ0) is 28.9. The topological polar surface area (TPSA) is 259 Å². The summed E-state index contributed by atoms with van der Waals surface area (Å²) in [6, 6.07) is -0.934. The van der Waals surface area contributed by atoms with E-state index in [0.29, 0.717) is 0 Å². The maximum absolute atomic E-state index is 13.1. The monoisotopic (exact) mass is 621 g/mol.